The summed E-state index contributed by atoms with van der Waals surface area (Å²) in [5.74, 6) is -0.405. The van der Waals surface area contributed by atoms with Gasteiger partial charge < -0.3 is 4.74 Å². The number of ether oxygens (including phenoxy) is 1. The van der Waals surface area contributed by atoms with Crippen LogP contribution in [0.25, 0.3) is 0 Å². The van der Waals surface area contributed by atoms with Crippen LogP contribution in [0.4, 0.5) is 5.69 Å². The Bertz CT molecular complexity index is 405. The van der Waals surface area contributed by atoms with Crippen LogP contribution in [0.2, 0.25) is 0 Å². The molecular weight excluding hydrogens is 313 g/mol. The van der Waals surface area contributed by atoms with Crippen molar-refractivity contribution >= 4 is 34.2 Å². The molecule has 6 heteroatoms. The molecule has 0 amide bonds. The average Bonchev–Trinajstić information content (AvgIpc) is 2.15. The number of nitro benzene ring substituents is 1. The number of nitro groups is 1. The van der Waals surface area contributed by atoms with Crippen LogP contribution in [-0.4, -0.2) is 10.9 Å². The Morgan fingerprint density at radius 1 is 1.60 bits per heavy atom. The molecule has 1 aromatic rings. The van der Waals surface area contributed by atoms with E-state index in [0.717, 1.165) is 0 Å². The zero-order chi connectivity index (χ0) is 11.4. The van der Waals surface area contributed by atoms with E-state index in [-0.39, 0.29) is 12.3 Å². The molecule has 0 unspecified atom stereocenters. The minimum Gasteiger partial charge on any atom is -0.461 e. The molecule has 0 fully saturated rings. The summed E-state index contributed by atoms with van der Waals surface area (Å²) < 4.78 is 5.28. The third-order valence-electron chi connectivity index (χ3n) is 1.69. The van der Waals surface area contributed by atoms with Gasteiger partial charge in [-0.25, -0.2) is 0 Å². The van der Waals surface area contributed by atoms with Crippen LogP contribution in [0, 0.1) is 13.7 Å². The summed E-state index contributed by atoms with van der Waals surface area (Å²) in [6.45, 7) is 1.36. The second-order valence-electron chi connectivity index (χ2n) is 2.79. The van der Waals surface area contributed by atoms with Crippen molar-refractivity contribution in [3.63, 3.8) is 0 Å². The van der Waals surface area contributed by atoms with Crippen LogP contribution >= 0.6 is 22.6 Å². The zero-order valence-corrected chi connectivity index (χ0v) is 10.1. The molecule has 0 aliphatic heterocycles. The van der Waals surface area contributed by atoms with E-state index in [2.05, 4.69) is 0 Å². The van der Waals surface area contributed by atoms with Gasteiger partial charge >= 0.3 is 5.97 Å². The van der Waals surface area contributed by atoms with E-state index in [4.69, 9.17) is 4.74 Å². The molecule has 0 bridgehead atoms. The highest BCUT2D eigenvalue weighted by Gasteiger charge is 2.14. The Labute approximate surface area is 99.7 Å². The molecule has 1 rings (SSSR count). The second-order valence-corrected chi connectivity index (χ2v) is 3.87. The first kappa shape index (κ1) is 11.9. The number of benzene rings is 1. The zero-order valence-electron chi connectivity index (χ0n) is 7.90. The van der Waals surface area contributed by atoms with Gasteiger partial charge in [0.1, 0.15) is 6.61 Å². The van der Waals surface area contributed by atoms with Gasteiger partial charge in [-0.2, -0.15) is 0 Å². The van der Waals surface area contributed by atoms with Gasteiger partial charge in [0, 0.05) is 18.6 Å². The van der Waals surface area contributed by atoms with Crippen molar-refractivity contribution in [2.24, 2.45) is 0 Å². The lowest BCUT2D eigenvalue weighted by atomic mass is 10.2. The lowest BCUT2D eigenvalue weighted by Gasteiger charge is -2.04. The first-order chi connectivity index (χ1) is 7.02. The maximum absolute atomic E-state index is 10.6. The van der Waals surface area contributed by atoms with Crippen LogP contribution in [0.15, 0.2) is 18.2 Å². The van der Waals surface area contributed by atoms with Crippen molar-refractivity contribution in [1.82, 2.24) is 0 Å². The molecule has 15 heavy (non-hydrogen) atoms. The molecule has 5 nitrogen and oxygen atoms in total. The van der Waals surface area contributed by atoms with Gasteiger partial charge in [-0.15, -0.1) is 0 Å². The summed E-state index contributed by atoms with van der Waals surface area (Å²) in [6, 6.07) is 4.68. The SMILES string of the molecule is CC(=O)OCc1cccc([N+](=O)[O-])c1I. The van der Waals surface area contributed by atoms with Crippen molar-refractivity contribution in [2.45, 2.75) is 13.5 Å². The molecule has 0 N–H and O–H groups in total. The smallest absolute Gasteiger partial charge is 0.302 e. The minimum absolute atomic E-state index is 0.0280. The number of hydrogen-bond acceptors (Lipinski definition) is 4. The molecular formula is C9H8INO4. The number of halogens is 1. The number of nitrogens with zero attached hydrogens (tertiary/aromatic N) is 1. The Kier molecular flexibility index (Phi) is 4.01. The highest BCUT2D eigenvalue weighted by Crippen LogP contribution is 2.24. The fourth-order valence-corrected chi connectivity index (χ4v) is 1.71. The van der Waals surface area contributed by atoms with Gasteiger partial charge in [0.15, 0.2) is 0 Å². The second kappa shape index (κ2) is 5.06. The summed E-state index contributed by atoms with van der Waals surface area (Å²) in [5.41, 5.74) is 0.667. The summed E-state index contributed by atoms with van der Waals surface area (Å²) in [7, 11) is 0. The number of esters is 1. The molecule has 80 valence electrons. The number of hydrogen-bond donors (Lipinski definition) is 0. The predicted octanol–water partition coefficient (Wildman–Crippen LogP) is 2.26. The third kappa shape index (κ3) is 3.15. The highest BCUT2D eigenvalue weighted by molar-refractivity contribution is 14.1. The topological polar surface area (TPSA) is 69.4 Å². The Hall–Kier alpha value is -1.18. The Morgan fingerprint density at radius 2 is 2.27 bits per heavy atom. The van der Waals surface area contributed by atoms with Gasteiger partial charge in [-0.1, -0.05) is 12.1 Å². The predicted molar refractivity (Wildman–Crippen MR) is 61.3 cm³/mol. The van der Waals surface area contributed by atoms with Crippen molar-refractivity contribution in [2.75, 3.05) is 0 Å². The molecule has 0 aromatic heterocycles. The summed E-state index contributed by atoms with van der Waals surface area (Å²) in [6.07, 6.45) is 0. The highest BCUT2D eigenvalue weighted by atomic mass is 127. The molecule has 0 radical (unpaired) electrons. The normalized spacial score (nSPS) is 9.73. The number of carbonyl (C=O) groups is 1. The van der Waals surface area contributed by atoms with Crippen LogP contribution in [0.5, 0.6) is 0 Å². The van der Waals surface area contributed by atoms with Crippen LogP contribution in [0.3, 0.4) is 0 Å². The average molecular weight is 321 g/mol. The van der Waals surface area contributed by atoms with E-state index >= 15 is 0 Å². The number of carbonyl (C=O) groups excluding carboxylic acids is 1. The maximum atomic E-state index is 10.6. The van der Waals surface area contributed by atoms with Crippen molar-refractivity contribution in [1.29, 1.82) is 0 Å². The fraction of sp³-hybridized carbons (Fsp3) is 0.222. The maximum Gasteiger partial charge on any atom is 0.302 e. The van der Waals surface area contributed by atoms with E-state index < -0.39 is 10.9 Å². The third-order valence-corrected chi connectivity index (χ3v) is 2.93. The van der Waals surface area contributed by atoms with E-state index in [0.29, 0.717) is 9.13 Å². The lowest BCUT2D eigenvalue weighted by molar-refractivity contribution is -0.385. The summed E-state index contributed by atoms with van der Waals surface area (Å²) >= 11 is 1.87. The van der Waals surface area contributed by atoms with Gasteiger partial charge in [0.25, 0.3) is 5.69 Å². The quantitative estimate of drug-likeness (QED) is 0.371. The van der Waals surface area contributed by atoms with Crippen molar-refractivity contribution in [3.05, 3.63) is 37.4 Å². The van der Waals surface area contributed by atoms with Crippen LogP contribution in [0.1, 0.15) is 12.5 Å². The molecule has 1 aromatic carbocycles. The van der Waals surface area contributed by atoms with E-state index in [9.17, 15) is 14.9 Å². The van der Waals surface area contributed by atoms with Crippen molar-refractivity contribution in [3.8, 4) is 0 Å². The number of rotatable bonds is 3. The fourth-order valence-electron chi connectivity index (χ4n) is 0.998. The summed E-state index contributed by atoms with van der Waals surface area (Å²) in [5, 5.41) is 10.6. The van der Waals surface area contributed by atoms with Gasteiger partial charge in [0.2, 0.25) is 0 Å². The largest absolute Gasteiger partial charge is 0.461 e. The first-order valence-corrected chi connectivity index (χ1v) is 5.15. The van der Waals surface area contributed by atoms with Gasteiger partial charge in [-0.3, -0.25) is 14.9 Å². The molecule has 0 saturated carbocycles. The molecule has 0 spiro atoms. The Balaban J connectivity index is 2.94. The van der Waals surface area contributed by atoms with Gasteiger partial charge in [0.05, 0.1) is 8.49 Å². The molecule has 0 aliphatic carbocycles. The van der Waals surface area contributed by atoms with Crippen molar-refractivity contribution < 1.29 is 14.5 Å². The lowest BCUT2D eigenvalue weighted by Crippen LogP contribution is -2.02. The van der Waals surface area contributed by atoms with Crippen LogP contribution in [-0.2, 0) is 16.1 Å². The standard InChI is InChI=1S/C9H8INO4/c1-6(12)15-5-7-3-2-4-8(9(7)10)11(13)14/h2-4H,5H2,1H3. The molecule has 0 atom stereocenters. The monoisotopic (exact) mass is 321 g/mol. The van der Waals surface area contributed by atoms with E-state index in [1.54, 1.807) is 12.1 Å². The molecule has 0 saturated heterocycles. The van der Waals surface area contributed by atoms with E-state index in [1.165, 1.54) is 13.0 Å². The van der Waals surface area contributed by atoms with Gasteiger partial charge in [-0.05, 0) is 22.6 Å². The molecule has 0 heterocycles. The van der Waals surface area contributed by atoms with E-state index in [1.807, 2.05) is 22.6 Å². The molecule has 0 aliphatic rings. The summed E-state index contributed by atoms with van der Waals surface area (Å²) in [4.78, 5) is 20.7. The Morgan fingerprint density at radius 3 is 2.80 bits per heavy atom. The first-order valence-electron chi connectivity index (χ1n) is 4.07. The minimum atomic E-state index is -0.459. The van der Waals surface area contributed by atoms with Crippen LogP contribution < -0.4 is 0 Å².